The van der Waals surface area contributed by atoms with Crippen molar-refractivity contribution < 1.29 is 9.53 Å². The van der Waals surface area contributed by atoms with E-state index in [1.807, 2.05) is 43.0 Å². The van der Waals surface area contributed by atoms with E-state index < -0.39 is 0 Å². The van der Waals surface area contributed by atoms with Crippen LogP contribution in [0.15, 0.2) is 24.3 Å². The first-order valence-electron chi connectivity index (χ1n) is 12.1. The number of aryl methyl sites for hydroxylation is 2. The maximum Gasteiger partial charge on any atom is 0.265 e. The number of benzene rings is 1. The van der Waals surface area contributed by atoms with E-state index in [4.69, 9.17) is 9.72 Å². The number of amides is 1. The summed E-state index contributed by atoms with van der Waals surface area (Å²) in [6.45, 7) is 7.03. The molecule has 2 aromatic heterocycles. The number of hydrogen-bond donors (Lipinski definition) is 0. The second-order valence-corrected chi connectivity index (χ2v) is 9.92. The number of ether oxygens (including phenoxy) is 1. The normalized spacial score (nSPS) is 18.6. The summed E-state index contributed by atoms with van der Waals surface area (Å²) in [5, 5.41) is 9.92. The molecular weight excluding hydrogens is 434 g/mol. The highest BCUT2D eigenvalue weighted by atomic mass is 32.1. The van der Waals surface area contributed by atoms with Crippen molar-refractivity contribution in [3.63, 3.8) is 0 Å². The molecular formula is C25H31N5O2S. The van der Waals surface area contributed by atoms with E-state index in [2.05, 4.69) is 14.8 Å². The first-order chi connectivity index (χ1) is 16.1. The molecule has 1 saturated heterocycles. The number of nitrogens with zero attached hydrogens (tertiary/aromatic N) is 5. The average molecular weight is 466 g/mol. The fourth-order valence-corrected chi connectivity index (χ4v) is 5.94. The summed E-state index contributed by atoms with van der Waals surface area (Å²) in [5.41, 5.74) is 1.81. The van der Waals surface area contributed by atoms with E-state index in [0.29, 0.717) is 13.2 Å². The molecule has 33 heavy (non-hydrogen) atoms. The molecule has 2 aliphatic rings. The predicted molar refractivity (Wildman–Crippen MR) is 129 cm³/mol. The summed E-state index contributed by atoms with van der Waals surface area (Å²) < 4.78 is 7.86. The van der Waals surface area contributed by atoms with Crippen LogP contribution in [0.4, 0.5) is 0 Å². The Labute approximate surface area is 198 Å². The van der Waals surface area contributed by atoms with Crippen LogP contribution in [0.2, 0.25) is 0 Å². The fourth-order valence-electron chi connectivity index (χ4n) is 4.90. The van der Waals surface area contributed by atoms with Crippen LogP contribution in [0, 0.1) is 6.92 Å². The molecule has 0 bridgehead atoms. The third kappa shape index (κ3) is 4.53. The van der Waals surface area contributed by atoms with E-state index in [-0.39, 0.29) is 11.8 Å². The van der Waals surface area contributed by atoms with Crippen LogP contribution >= 0.6 is 11.3 Å². The molecule has 1 amide bonds. The Morgan fingerprint density at radius 1 is 1.12 bits per heavy atom. The van der Waals surface area contributed by atoms with Crippen LogP contribution in [0.25, 0.3) is 10.6 Å². The molecule has 0 saturated carbocycles. The molecule has 7 nitrogen and oxygen atoms in total. The van der Waals surface area contributed by atoms with E-state index in [0.717, 1.165) is 70.9 Å². The Morgan fingerprint density at radius 3 is 2.79 bits per heavy atom. The molecule has 3 aromatic rings. The van der Waals surface area contributed by atoms with Crippen LogP contribution in [-0.2, 0) is 13.0 Å². The van der Waals surface area contributed by atoms with Gasteiger partial charge in [-0.2, -0.15) is 0 Å². The van der Waals surface area contributed by atoms with Gasteiger partial charge in [-0.25, -0.2) is 4.98 Å². The number of aromatic nitrogens is 4. The molecule has 0 spiro atoms. The Kier molecular flexibility index (Phi) is 6.44. The van der Waals surface area contributed by atoms with E-state index in [1.165, 1.54) is 30.6 Å². The number of carbonyl (C=O) groups is 1. The monoisotopic (exact) mass is 465 g/mol. The molecule has 2 aliphatic heterocycles. The molecule has 4 heterocycles. The van der Waals surface area contributed by atoms with Crippen LogP contribution in [0.5, 0.6) is 5.75 Å². The Morgan fingerprint density at radius 2 is 1.97 bits per heavy atom. The minimum atomic E-state index is 0.0856. The number of likely N-dealkylation sites (tertiary alicyclic amines) is 1. The van der Waals surface area contributed by atoms with Crippen molar-refractivity contribution in [3.05, 3.63) is 46.5 Å². The van der Waals surface area contributed by atoms with Crippen molar-refractivity contribution in [2.45, 2.75) is 64.8 Å². The van der Waals surface area contributed by atoms with Gasteiger partial charge in [0.15, 0.2) is 0 Å². The van der Waals surface area contributed by atoms with Gasteiger partial charge in [0.2, 0.25) is 0 Å². The standard InChI is InChI=1S/C25H31N5O2S/c1-3-32-20-12-10-18(11-13-20)24-26-17(2)22(33-24)25(31)29-14-7-8-19(16-29)23-28-27-21-9-5-4-6-15-30(21)23/h10-13,19H,3-9,14-16H2,1-2H3. The Balaban J connectivity index is 1.33. The molecule has 8 heteroatoms. The third-order valence-electron chi connectivity index (χ3n) is 6.61. The summed E-state index contributed by atoms with van der Waals surface area (Å²) in [7, 11) is 0. The van der Waals surface area contributed by atoms with Crippen molar-refractivity contribution in [1.29, 1.82) is 0 Å². The van der Waals surface area contributed by atoms with Crippen LogP contribution in [-0.4, -0.2) is 50.3 Å². The van der Waals surface area contributed by atoms with Gasteiger partial charge >= 0.3 is 0 Å². The number of thiazole rings is 1. The summed E-state index contributed by atoms with van der Waals surface area (Å²) in [5.74, 6) is 3.37. The van der Waals surface area contributed by atoms with E-state index >= 15 is 0 Å². The zero-order valence-electron chi connectivity index (χ0n) is 19.4. The quantitative estimate of drug-likeness (QED) is 0.538. The molecule has 0 aliphatic carbocycles. The van der Waals surface area contributed by atoms with Gasteiger partial charge in [-0.15, -0.1) is 21.5 Å². The molecule has 1 aromatic carbocycles. The van der Waals surface area contributed by atoms with Gasteiger partial charge in [0.1, 0.15) is 27.3 Å². The lowest BCUT2D eigenvalue weighted by molar-refractivity contribution is 0.0707. The van der Waals surface area contributed by atoms with Crippen molar-refractivity contribution in [2.24, 2.45) is 0 Å². The maximum absolute atomic E-state index is 13.5. The lowest BCUT2D eigenvalue weighted by atomic mass is 9.96. The van der Waals surface area contributed by atoms with Crippen molar-refractivity contribution >= 4 is 17.2 Å². The molecule has 1 fully saturated rings. The van der Waals surface area contributed by atoms with Gasteiger partial charge in [-0.1, -0.05) is 6.42 Å². The van der Waals surface area contributed by atoms with Crippen molar-refractivity contribution in [2.75, 3.05) is 19.7 Å². The molecule has 1 atom stereocenters. The number of hydrogen-bond acceptors (Lipinski definition) is 6. The third-order valence-corrected chi connectivity index (χ3v) is 7.81. The summed E-state index contributed by atoms with van der Waals surface area (Å²) in [6.07, 6.45) is 6.68. The van der Waals surface area contributed by atoms with Gasteiger partial charge in [-0.3, -0.25) is 4.79 Å². The maximum atomic E-state index is 13.5. The fraction of sp³-hybridized carbons (Fsp3) is 0.520. The summed E-state index contributed by atoms with van der Waals surface area (Å²) >= 11 is 1.48. The summed E-state index contributed by atoms with van der Waals surface area (Å²) in [6, 6.07) is 7.92. The first-order valence-corrected chi connectivity index (χ1v) is 12.9. The minimum Gasteiger partial charge on any atom is -0.494 e. The molecule has 5 rings (SSSR count). The second kappa shape index (κ2) is 9.63. The van der Waals surface area contributed by atoms with Crippen molar-refractivity contribution in [3.8, 4) is 16.3 Å². The van der Waals surface area contributed by atoms with Gasteiger partial charge in [0.05, 0.1) is 12.3 Å². The lowest BCUT2D eigenvalue weighted by Gasteiger charge is -2.32. The van der Waals surface area contributed by atoms with E-state index in [9.17, 15) is 4.79 Å². The highest BCUT2D eigenvalue weighted by molar-refractivity contribution is 7.17. The molecule has 1 unspecified atom stereocenters. The highest BCUT2D eigenvalue weighted by Crippen LogP contribution is 2.33. The smallest absolute Gasteiger partial charge is 0.265 e. The van der Waals surface area contributed by atoms with Crippen LogP contribution in [0.1, 0.15) is 72.0 Å². The highest BCUT2D eigenvalue weighted by Gasteiger charge is 2.31. The van der Waals surface area contributed by atoms with Gasteiger partial charge < -0.3 is 14.2 Å². The molecule has 0 N–H and O–H groups in total. The predicted octanol–water partition coefficient (Wildman–Crippen LogP) is 4.85. The number of carbonyl (C=O) groups excluding carboxylic acids is 1. The topological polar surface area (TPSA) is 73.1 Å². The number of piperidine rings is 1. The number of rotatable bonds is 5. The van der Waals surface area contributed by atoms with Crippen molar-refractivity contribution in [1.82, 2.24) is 24.6 Å². The van der Waals surface area contributed by atoms with Crippen LogP contribution in [0.3, 0.4) is 0 Å². The van der Waals surface area contributed by atoms with Gasteiger partial charge in [0, 0.05) is 37.5 Å². The zero-order valence-corrected chi connectivity index (χ0v) is 20.2. The SMILES string of the molecule is CCOc1ccc(-c2nc(C)c(C(=O)N3CCCC(c4nnc5n4CCCCC5)C3)s2)cc1. The second-order valence-electron chi connectivity index (χ2n) is 8.92. The molecule has 0 radical (unpaired) electrons. The molecule has 174 valence electrons. The number of fused-ring (bicyclic) bond motifs is 1. The van der Waals surface area contributed by atoms with Gasteiger partial charge in [0.25, 0.3) is 5.91 Å². The largest absolute Gasteiger partial charge is 0.494 e. The zero-order chi connectivity index (χ0) is 22.8. The Bertz CT molecular complexity index is 1120. The summed E-state index contributed by atoms with van der Waals surface area (Å²) in [4.78, 5) is 20.9. The lowest BCUT2D eigenvalue weighted by Crippen LogP contribution is -2.39. The van der Waals surface area contributed by atoms with Gasteiger partial charge in [-0.05, 0) is 63.8 Å². The van der Waals surface area contributed by atoms with Crippen LogP contribution < -0.4 is 4.74 Å². The minimum absolute atomic E-state index is 0.0856. The average Bonchev–Trinajstić information content (AvgIpc) is 3.35. The Hall–Kier alpha value is -2.74. The van der Waals surface area contributed by atoms with E-state index in [1.54, 1.807) is 0 Å². The first kappa shape index (κ1) is 22.1.